The Balaban J connectivity index is 2.70. The summed E-state index contributed by atoms with van der Waals surface area (Å²) >= 11 is 5.75. The van der Waals surface area contributed by atoms with E-state index in [0.29, 0.717) is 12.8 Å². The number of phenolic OH excluding ortho intramolecular Hbond substituents is 1. The summed E-state index contributed by atoms with van der Waals surface area (Å²) in [5.74, 6) is -3.01. The first-order valence-electron chi connectivity index (χ1n) is 5.93. The third-order valence-electron chi connectivity index (χ3n) is 3.74. The average Bonchev–Trinajstić information content (AvgIpc) is 2.86. The van der Waals surface area contributed by atoms with Gasteiger partial charge >= 0.3 is 5.97 Å². The van der Waals surface area contributed by atoms with E-state index in [9.17, 15) is 19.4 Å². The summed E-state index contributed by atoms with van der Waals surface area (Å²) in [4.78, 5) is 11.6. The molecule has 0 saturated heterocycles. The lowest BCUT2D eigenvalue weighted by Crippen LogP contribution is -2.33. The molecule has 0 amide bonds. The fourth-order valence-electron chi connectivity index (χ4n) is 2.72. The largest absolute Gasteiger partial charge is 0.504 e. The number of methoxy groups -OCH3 is 1. The van der Waals surface area contributed by atoms with Crippen LogP contribution in [0, 0.1) is 5.82 Å². The van der Waals surface area contributed by atoms with Crippen LogP contribution in [0.2, 0.25) is 5.02 Å². The van der Waals surface area contributed by atoms with Crippen molar-refractivity contribution in [3.63, 3.8) is 0 Å². The number of aromatic hydroxyl groups is 1. The van der Waals surface area contributed by atoms with E-state index in [1.165, 1.54) is 13.2 Å². The zero-order valence-corrected chi connectivity index (χ0v) is 11.1. The SMILES string of the molecule is COc1c(C2(C(=O)O)CCCC2)cc(Cl)c(O)c1F. The highest BCUT2D eigenvalue weighted by Crippen LogP contribution is 2.48. The van der Waals surface area contributed by atoms with Gasteiger partial charge in [-0.3, -0.25) is 4.79 Å². The van der Waals surface area contributed by atoms with Crippen molar-refractivity contribution in [2.45, 2.75) is 31.1 Å². The molecule has 104 valence electrons. The molecule has 0 aliphatic heterocycles. The van der Waals surface area contributed by atoms with Gasteiger partial charge in [0.05, 0.1) is 17.5 Å². The monoisotopic (exact) mass is 288 g/mol. The number of phenols is 1. The van der Waals surface area contributed by atoms with E-state index >= 15 is 0 Å². The molecule has 0 aromatic heterocycles. The molecule has 0 bridgehead atoms. The van der Waals surface area contributed by atoms with Crippen LogP contribution in [0.25, 0.3) is 0 Å². The Morgan fingerprint density at radius 1 is 1.47 bits per heavy atom. The molecule has 1 aromatic carbocycles. The van der Waals surface area contributed by atoms with Crippen LogP contribution in [-0.2, 0) is 10.2 Å². The van der Waals surface area contributed by atoms with E-state index in [1.54, 1.807) is 0 Å². The van der Waals surface area contributed by atoms with Crippen molar-refractivity contribution < 1.29 is 24.1 Å². The third kappa shape index (κ3) is 2.02. The van der Waals surface area contributed by atoms with Gasteiger partial charge in [0.2, 0.25) is 5.82 Å². The summed E-state index contributed by atoms with van der Waals surface area (Å²) in [5, 5.41) is 18.8. The lowest BCUT2D eigenvalue weighted by atomic mass is 9.78. The Bertz CT molecular complexity index is 524. The molecule has 1 aliphatic rings. The van der Waals surface area contributed by atoms with Crippen LogP contribution >= 0.6 is 11.6 Å². The maximum atomic E-state index is 14.0. The molecule has 2 N–H and O–H groups in total. The van der Waals surface area contributed by atoms with E-state index in [4.69, 9.17) is 16.3 Å². The van der Waals surface area contributed by atoms with Crippen LogP contribution in [0.5, 0.6) is 11.5 Å². The minimum Gasteiger partial charge on any atom is -0.504 e. The van der Waals surface area contributed by atoms with E-state index in [2.05, 4.69) is 0 Å². The summed E-state index contributed by atoms with van der Waals surface area (Å²) in [7, 11) is 1.24. The predicted molar refractivity (Wildman–Crippen MR) is 67.4 cm³/mol. The molecule has 0 heterocycles. The molecule has 1 fully saturated rings. The van der Waals surface area contributed by atoms with Gasteiger partial charge in [-0.05, 0) is 18.9 Å². The second-order valence-corrected chi connectivity index (χ2v) is 5.10. The normalized spacial score (nSPS) is 17.4. The molecule has 1 aromatic rings. The molecule has 0 radical (unpaired) electrons. The van der Waals surface area contributed by atoms with Gasteiger partial charge in [-0.1, -0.05) is 24.4 Å². The fourth-order valence-corrected chi connectivity index (χ4v) is 2.92. The molecule has 1 saturated carbocycles. The number of halogens is 2. The number of aliphatic carboxylic acids is 1. The Labute approximate surface area is 114 Å². The number of rotatable bonds is 3. The zero-order chi connectivity index (χ0) is 14.2. The first-order chi connectivity index (χ1) is 8.94. The molecular weight excluding hydrogens is 275 g/mol. The molecule has 19 heavy (non-hydrogen) atoms. The fraction of sp³-hybridized carbons (Fsp3) is 0.462. The van der Waals surface area contributed by atoms with E-state index in [-0.39, 0.29) is 16.3 Å². The summed E-state index contributed by atoms with van der Waals surface area (Å²) in [6.07, 6.45) is 2.30. The van der Waals surface area contributed by atoms with Crippen molar-refractivity contribution in [2.24, 2.45) is 0 Å². The Kier molecular flexibility index (Phi) is 3.58. The minimum absolute atomic E-state index is 0.195. The van der Waals surface area contributed by atoms with Crippen molar-refractivity contribution >= 4 is 17.6 Å². The van der Waals surface area contributed by atoms with Crippen LogP contribution in [0.4, 0.5) is 4.39 Å². The molecule has 4 nitrogen and oxygen atoms in total. The third-order valence-corrected chi connectivity index (χ3v) is 4.02. The number of carbonyl (C=O) groups is 1. The molecule has 1 aliphatic carbocycles. The predicted octanol–water partition coefficient (Wildman–Crippen LogP) is 3.09. The summed E-state index contributed by atoms with van der Waals surface area (Å²) < 4.78 is 18.9. The van der Waals surface area contributed by atoms with Gasteiger partial charge in [-0.25, -0.2) is 0 Å². The molecule has 0 spiro atoms. The summed E-state index contributed by atoms with van der Waals surface area (Å²) in [5.41, 5.74) is -0.996. The second kappa shape index (κ2) is 4.89. The highest BCUT2D eigenvalue weighted by atomic mass is 35.5. The molecular formula is C13H14ClFO4. The van der Waals surface area contributed by atoms with Crippen LogP contribution in [0.3, 0.4) is 0 Å². The second-order valence-electron chi connectivity index (χ2n) is 4.70. The number of carboxylic acids is 1. The minimum atomic E-state index is -1.19. The number of hydrogen-bond donors (Lipinski definition) is 2. The van der Waals surface area contributed by atoms with Crippen molar-refractivity contribution in [1.82, 2.24) is 0 Å². The highest BCUT2D eigenvalue weighted by Gasteiger charge is 2.46. The van der Waals surface area contributed by atoms with Gasteiger partial charge in [0.25, 0.3) is 0 Å². The molecule has 2 rings (SSSR count). The van der Waals surface area contributed by atoms with Crippen LogP contribution in [0.1, 0.15) is 31.2 Å². The van der Waals surface area contributed by atoms with Gasteiger partial charge in [0.1, 0.15) is 0 Å². The Morgan fingerprint density at radius 2 is 2.05 bits per heavy atom. The van der Waals surface area contributed by atoms with E-state index in [0.717, 1.165) is 12.8 Å². The van der Waals surface area contributed by atoms with Gasteiger partial charge in [0.15, 0.2) is 11.5 Å². The van der Waals surface area contributed by atoms with Crippen LogP contribution in [-0.4, -0.2) is 23.3 Å². The summed E-state index contributed by atoms with van der Waals surface area (Å²) in [6.45, 7) is 0. The summed E-state index contributed by atoms with van der Waals surface area (Å²) in [6, 6.07) is 1.29. The van der Waals surface area contributed by atoms with E-state index in [1.807, 2.05) is 0 Å². The Morgan fingerprint density at radius 3 is 2.53 bits per heavy atom. The lowest BCUT2D eigenvalue weighted by Gasteiger charge is -2.27. The van der Waals surface area contributed by atoms with Gasteiger partial charge in [-0.15, -0.1) is 0 Å². The number of carboxylic acid groups (broad SMARTS) is 1. The molecule has 6 heteroatoms. The maximum Gasteiger partial charge on any atom is 0.314 e. The van der Waals surface area contributed by atoms with Gasteiger partial charge in [0, 0.05) is 5.56 Å². The molecule has 0 unspecified atom stereocenters. The van der Waals surface area contributed by atoms with Crippen molar-refractivity contribution in [3.8, 4) is 11.5 Å². The van der Waals surface area contributed by atoms with Crippen LogP contribution < -0.4 is 4.74 Å². The quantitative estimate of drug-likeness (QED) is 0.897. The molecule has 0 atom stereocenters. The average molecular weight is 289 g/mol. The Hall–Kier alpha value is -1.49. The highest BCUT2D eigenvalue weighted by molar-refractivity contribution is 6.32. The smallest absolute Gasteiger partial charge is 0.314 e. The number of benzene rings is 1. The van der Waals surface area contributed by atoms with Gasteiger partial charge in [-0.2, -0.15) is 4.39 Å². The van der Waals surface area contributed by atoms with Crippen molar-refractivity contribution in [3.05, 3.63) is 22.5 Å². The first kappa shape index (κ1) is 13.9. The van der Waals surface area contributed by atoms with Crippen molar-refractivity contribution in [2.75, 3.05) is 7.11 Å². The topological polar surface area (TPSA) is 66.8 Å². The van der Waals surface area contributed by atoms with Gasteiger partial charge < -0.3 is 14.9 Å². The number of hydrogen-bond acceptors (Lipinski definition) is 3. The first-order valence-corrected chi connectivity index (χ1v) is 6.30. The number of ether oxygens (including phenoxy) is 1. The lowest BCUT2D eigenvalue weighted by molar-refractivity contribution is -0.143. The van der Waals surface area contributed by atoms with E-state index < -0.39 is 23.0 Å². The van der Waals surface area contributed by atoms with Crippen LogP contribution in [0.15, 0.2) is 6.07 Å². The van der Waals surface area contributed by atoms with Crippen molar-refractivity contribution in [1.29, 1.82) is 0 Å². The zero-order valence-electron chi connectivity index (χ0n) is 10.4. The maximum absolute atomic E-state index is 14.0. The standard InChI is InChI=1S/C13H14ClFO4/c1-19-11-7(6-8(14)10(16)9(11)15)13(12(17)18)4-2-3-5-13/h6,16H,2-5H2,1H3,(H,17,18).